The molecule has 0 saturated carbocycles. The first kappa shape index (κ1) is 17.3. The molecule has 2 saturated heterocycles. The summed E-state index contributed by atoms with van der Waals surface area (Å²) in [7, 11) is 0. The van der Waals surface area contributed by atoms with Crippen molar-refractivity contribution in [2.45, 2.75) is 31.4 Å². The molecule has 0 bridgehead atoms. The Hall–Kier alpha value is -0.520. The van der Waals surface area contributed by atoms with Crippen molar-refractivity contribution in [2.24, 2.45) is 0 Å². The van der Waals surface area contributed by atoms with Gasteiger partial charge in [-0.1, -0.05) is 23.2 Å². The van der Waals surface area contributed by atoms with Crippen molar-refractivity contribution in [1.29, 1.82) is 0 Å². The van der Waals surface area contributed by atoms with Crippen LogP contribution in [0.3, 0.4) is 0 Å². The van der Waals surface area contributed by atoms with Gasteiger partial charge in [-0.3, -0.25) is 9.80 Å². The third-order valence-corrected chi connectivity index (χ3v) is 5.21. The quantitative estimate of drug-likeness (QED) is 0.877. The summed E-state index contributed by atoms with van der Waals surface area (Å²) in [6.07, 6.45) is 3.24. The van der Waals surface area contributed by atoms with Gasteiger partial charge in [-0.25, -0.2) is 0 Å². The smallest absolute Gasteiger partial charge is 0.138 e. The van der Waals surface area contributed by atoms with Crippen LogP contribution in [0.25, 0.3) is 0 Å². The predicted octanol–water partition coefficient (Wildman–Crippen LogP) is 2.90. The molecular weight excluding hydrogens is 335 g/mol. The number of hydrogen-bond donors (Lipinski definition) is 1. The van der Waals surface area contributed by atoms with E-state index >= 15 is 0 Å². The van der Waals surface area contributed by atoms with Gasteiger partial charge in [0.1, 0.15) is 18.5 Å². The van der Waals surface area contributed by atoms with Crippen LogP contribution in [0.2, 0.25) is 10.0 Å². The van der Waals surface area contributed by atoms with Crippen LogP contribution >= 0.6 is 23.2 Å². The van der Waals surface area contributed by atoms with Gasteiger partial charge in [-0.05, 0) is 57.1 Å². The molecule has 2 fully saturated rings. The number of ether oxygens (including phenoxy) is 1. The normalized spacial score (nSPS) is 24.2. The minimum atomic E-state index is -0.519. The van der Waals surface area contributed by atoms with E-state index in [0.717, 1.165) is 13.1 Å². The lowest BCUT2D eigenvalue weighted by atomic mass is 10.2. The molecule has 0 spiro atoms. The molecule has 128 valence electrons. The van der Waals surface area contributed by atoms with Gasteiger partial charge in [0.15, 0.2) is 0 Å². The first-order valence-corrected chi connectivity index (χ1v) is 9.10. The Balaban J connectivity index is 1.47. The molecule has 6 heteroatoms. The van der Waals surface area contributed by atoms with Gasteiger partial charge < -0.3 is 9.84 Å². The van der Waals surface area contributed by atoms with Gasteiger partial charge in [-0.2, -0.15) is 0 Å². The van der Waals surface area contributed by atoms with Crippen molar-refractivity contribution in [3.63, 3.8) is 0 Å². The summed E-state index contributed by atoms with van der Waals surface area (Å²) < 4.78 is 5.64. The van der Waals surface area contributed by atoms with E-state index in [1.807, 2.05) is 0 Å². The molecule has 2 heterocycles. The Bertz CT molecular complexity index is 529. The van der Waals surface area contributed by atoms with Crippen molar-refractivity contribution < 1.29 is 9.84 Å². The number of aliphatic hydroxyl groups is 1. The SMILES string of the molecule is O[C@@H](COc1ccc(Cl)cc1Cl)CN1CCCN2CCC[C@@H]2C1. The fourth-order valence-electron chi connectivity index (χ4n) is 3.58. The summed E-state index contributed by atoms with van der Waals surface area (Å²) in [5.41, 5.74) is 0. The lowest BCUT2D eigenvalue weighted by Crippen LogP contribution is -2.41. The Morgan fingerprint density at radius 1 is 1.22 bits per heavy atom. The molecule has 0 amide bonds. The van der Waals surface area contributed by atoms with Crippen LogP contribution in [-0.2, 0) is 0 Å². The lowest BCUT2D eigenvalue weighted by Gasteiger charge is -2.27. The summed E-state index contributed by atoms with van der Waals surface area (Å²) in [6.45, 7) is 5.42. The molecule has 2 aliphatic heterocycles. The van der Waals surface area contributed by atoms with Gasteiger partial charge in [0.2, 0.25) is 0 Å². The summed E-state index contributed by atoms with van der Waals surface area (Å²) >= 11 is 11.9. The summed E-state index contributed by atoms with van der Waals surface area (Å²) in [5.74, 6) is 0.563. The van der Waals surface area contributed by atoms with Crippen molar-refractivity contribution >= 4 is 23.2 Å². The third-order valence-electron chi connectivity index (χ3n) is 4.68. The maximum Gasteiger partial charge on any atom is 0.138 e. The molecule has 3 rings (SSSR count). The van der Waals surface area contributed by atoms with Gasteiger partial charge in [-0.15, -0.1) is 0 Å². The topological polar surface area (TPSA) is 35.9 Å². The van der Waals surface area contributed by atoms with Gasteiger partial charge in [0, 0.05) is 24.2 Å². The third kappa shape index (κ3) is 4.74. The Morgan fingerprint density at radius 2 is 2.04 bits per heavy atom. The van der Waals surface area contributed by atoms with E-state index in [0.29, 0.717) is 28.4 Å². The zero-order valence-electron chi connectivity index (χ0n) is 13.3. The van der Waals surface area contributed by atoms with Gasteiger partial charge in [0.25, 0.3) is 0 Å². The highest BCUT2D eigenvalue weighted by Gasteiger charge is 2.29. The Labute approximate surface area is 147 Å². The van der Waals surface area contributed by atoms with E-state index in [-0.39, 0.29) is 6.61 Å². The standard InChI is InChI=1S/C17H24Cl2N2O2/c18-13-4-5-17(16(19)9-13)23-12-15(22)11-20-6-2-8-21-7-1-3-14(21)10-20/h4-5,9,14-15,22H,1-3,6-8,10-12H2/t14-,15-/m1/s1. The van der Waals surface area contributed by atoms with Crippen LogP contribution in [-0.4, -0.2) is 66.4 Å². The number of β-amino-alcohol motifs (C(OH)–C–C–N with tert-alkyl or cyclic N) is 1. The molecule has 0 aromatic heterocycles. The van der Waals surface area contributed by atoms with Crippen LogP contribution in [0.15, 0.2) is 18.2 Å². The molecular formula is C17H24Cl2N2O2. The average Bonchev–Trinajstić information content (AvgIpc) is 2.85. The lowest BCUT2D eigenvalue weighted by molar-refractivity contribution is 0.0658. The highest BCUT2D eigenvalue weighted by atomic mass is 35.5. The van der Waals surface area contributed by atoms with Gasteiger partial charge >= 0.3 is 0 Å². The molecule has 4 nitrogen and oxygen atoms in total. The zero-order valence-corrected chi connectivity index (χ0v) is 14.8. The summed E-state index contributed by atoms with van der Waals surface area (Å²) in [4.78, 5) is 4.96. The largest absolute Gasteiger partial charge is 0.489 e. The fraction of sp³-hybridized carbons (Fsp3) is 0.647. The maximum atomic E-state index is 10.3. The van der Waals surface area contributed by atoms with E-state index in [9.17, 15) is 5.11 Å². The highest BCUT2D eigenvalue weighted by Crippen LogP contribution is 2.27. The van der Waals surface area contributed by atoms with E-state index < -0.39 is 6.10 Å². The molecule has 23 heavy (non-hydrogen) atoms. The molecule has 0 aliphatic carbocycles. The van der Waals surface area contributed by atoms with Crippen molar-refractivity contribution in [2.75, 3.05) is 39.3 Å². The summed E-state index contributed by atoms with van der Waals surface area (Å²) in [5, 5.41) is 11.3. The minimum Gasteiger partial charge on any atom is -0.489 e. The molecule has 0 radical (unpaired) electrons. The minimum absolute atomic E-state index is 0.242. The zero-order chi connectivity index (χ0) is 16.2. The van der Waals surface area contributed by atoms with E-state index in [2.05, 4.69) is 9.80 Å². The number of aliphatic hydroxyl groups excluding tert-OH is 1. The second-order valence-corrected chi connectivity index (χ2v) is 7.33. The summed E-state index contributed by atoms with van der Waals surface area (Å²) in [6, 6.07) is 5.78. The molecule has 2 atom stereocenters. The van der Waals surface area contributed by atoms with Gasteiger partial charge in [0.05, 0.1) is 5.02 Å². The highest BCUT2D eigenvalue weighted by molar-refractivity contribution is 6.35. The van der Waals surface area contributed by atoms with Crippen molar-refractivity contribution in [3.05, 3.63) is 28.2 Å². The van der Waals surface area contributed by atoms with E-state index in [1.54, 1.807) is 18.2 Å². The number of fused-ring (bicyclic) bond motifs is 1. The fourth-order valence-corrected chi connectivity index (χ4v) is 4.04. The monoisotopic (exact) mass is 358 g/mol. The second kappa shape index (κ2) is 8.04. The molecule has 1 aromatic carbocycles. The van der Waals surface area contributed by atoms with Crippen LogP contribution in [0, 0.1) is 0 Å². The average molecular weight is 359 g/mol. The van der Waals surface area contributed by atoms with E-state index in [4.69, 9.17) is 27.9 Å². The van der Waals surface area contributed by atoms with Crippen molar-refractivity contribution in [3.8, 4) is 5.75 Å². The Kier molecular flexibility index (Phi) is 6.05. The number of halogens is 2. The van der Waals surface area contributed by atoms with Crippen molar-refractivity contribution in [1.82, 2.24) is 9.80 Å². The Morgan fingerprint density at radius 3 is 2.87 bits per heavy atom. The second-order valence-electron chi connectivity index (χ2n) is 6.48. The maximum absolute atomic E-state index is 10.3. The number of nitrogens with zero attached hydrogens (tertiary/aromatic N) is 2. The first-order chi connectivity index (χ1) is 11.1. The molecule has 2 aliphatic rings. The van der Waals surface area contributed by atoms with Crippen LogP contribution in [0.4, 0.5) is 0 Å². The van der Waals surface area contributed by atoms with E-state index in [1.165, 1.54) is 32.4 Å². The van der Waals surface area contributed by atoms with Crippen LogP contribution in [0.5, 0.6) is 5.75 Å². The number of rotatable bonds is 5. The van der Waals surface area contributed by atoms with Crippen LogP contribution in [0.1, 0.15) is 19.3 Å². The molecule has 1 N–H and O–H groups in total. The number of benzene rings is 1. The molecule has 0 unspecified atom stereocenters. The van der Waals surface area contributed by atoms with Crippen LogP contribution < -0.4 is 4.74 Å². The molecule has 1 aromatic rings. The predicted molar refractivity (Wildman–Crippen MR) is 93.6 cm³/mol. The number of hydrogen-bond acceptors (Lipinski definition) is 4. The first-order valence-electron chi connectivity index (χ1n) is 8.34.